The van der Waals surface area contributed by atoms with Gasteiger partial charge in [-0.3, -0.25) is 4.79 Å². The van der Waals surface area contributed by atoms with Crippen molar-refractivity contribution in [2.45, 2.75) is 38.1 Å². The average Bonchev–Trinajstić information content (AvgIpc) is 2.36. The second-order valence-corrected chi connectivity index (χ2v) is 7.80. The van der Waals surface area contributed by atoms with Gasteiger partial charge >= 0.3 is 0 Å². The molecule has 7 heteroatoms. The Labute approximate surface area is 139 Å². The lowest BCUT2D eigenvalue weighted by Gasteiger charge is -2.19. The maximum atomic E-state index is 12.3. The van der Waals surface area contributed by atoms with E-state index in [1.165, 1.54) is 12.1 Å². The molecule has 0 aliphatic carbocycles. The van der Waals surface area contributed by atoms with Crippen LogP contribution in [-0.2, 0) is 9.84 Å². The molecule has 126 valence electrons. The molecule has 0 aromatic heterocycles. The summed E-state index contributed by atoms with van der Waals surface area (Å²) in [5.74, 6) is 0.136. The van der Waals surface area contributed by atoms with Crippen LogP contribution in [0.25, 0.3) is 0 Å². The van der Waals surface area contributed by atoms with Gasteiger partial charge in [0.05, 0.1) is 4.90 Å². The molecule has 1 unspecified atom stereocenters. The molecule has 1 atom stereocenters. The van der Waals surface area contributed by atoms with Crippen LogP contribution < -0.4 is 11.1 Å². The number of rotatable bonds is 6. The monoisotopic (exact) mass is 348 g/mol. The zero-order chi connectivity index (χ0) is 16.2. The fraction of sp³-hybridized carbons (Fsp3) is 0.533. The van der Waals surface area contributed by atoms with Crippen LogP contribution in [0.3, 0.4) is 0 Å². The Morgan fingerprint density at radius 3 is 2.36 bits per heavy atom. The number of amides is 1. The van der Waals surface area contributed by atoms with Crippen LogP contribution in [0.15, 0.2) is 23.1 Å². The molecular formula is C15H25ClN2O3S. The van der Waals surface area contributed by atoms with Gasteiger partial charge in [0.15, 0.2) is 9.84 Å². The fourth-order valence-corrected chi connectivity index (χ4v) is 2.77. The highest BCUT2D eigenvalue weighted by Crippen LogP contribution is 2.16. The molecule has 0 radical (unpaired) electrons. The number of hydrogen-bond acceptors (Lipinski definition) is 4. The molecule has 3 N–H and O–H groups in total. The van der Waals surface area contributed by atoms with Crippen molar-refractivity contribution in [2.75, 3.05) is 12.8 Å². The topological polar surface area (TPSA) is 89.3 Å². The Hall–Kier alpha value is -1.11. The Morgan fingerprint density at radius 1 is 1.32 bits per heavy atom. The van der Waals surface area contributed by atoms with Crippen LogP contribution in [-0.4, -0.2) is 33.2 Å². The Morgan fingerprint density at radius 2 is 1.91 bits per heavy atom. The number of hydrogen-bond donors (Lipinski definition) is 2. The molecule has 1 rings (SSSR count). The summed E-state index contributed by atoms with van der Waals surface area (Å²) in [6.07, 6.45) is 1.91. The summed E-state index contributed by atoms with van der Waals surface area (Å²) in [4.78, 5) is 12.5. The van der Waals surface area contributed by atoms with Crippen LogP contribution in [0.5, 0.6) is 0 Å². The van der Waals surface area contributed by atoms with E-state index in [-0.39, 0.29) is 29.3 Å². The first-order valence-corrected chi connectivity index (χ1v) is 8.86. The minimum atomic E-state index is -3.33. The second-order valence-electron chi connectivity index (χ2n) is 5.78. The second kappa shape index (κ2) is 8.50. The normalized spacial score (nSPS) is 12.6. The number of carbonyl (C=O) groups is 1. The molecule has 5 nitrogen and oxygen atoms in total. The van der Waals surface area contributed by atoms with Crippen molar-refractivity contribution in [3.8, 4) is 0 Å². The van der Waals surface area contributed by atoms with Gasteiger partial charge in [-0.25, -0.2) is 8.42 Å². The number of carbonyl (C=O) groups excluding carboxylic acids is 1. The van der Waals surface area contributed by atoms with E-state index < -0.39 is 9.84 Å². The first-order valence-electron chi connectivity index (χ1n) is 6.96. The molecule has 1 amide bonds. The molecule has 0 fully saturated rings. The SMILES string of the molecule is Cc1ccc(S(C)(=O)=O)cc1C(=O)NC(CN)CC(C)C.Cl. The maximum absolute atomic E-state index is 12.3. The van der Waals surface area contributed by atoms with Crippen LogP contribution in [0.1, 0.15) is 36.2 Å². The number of sulfone groups is 1. The van der Waals surface area contributed by atoms with Gasteiger partial charge in [-0.15, -0.1) is 12.4 Å². The van der Waals surface area contributed by atoms with Gasteiger partial charge in [-0.05, 0) is 37.0 Å². The predicted molar refractivity (Wildman–Crippen MR) is 91.3 cm³/mol. The van der Waals surface area contributed by atoms with E-state index in [0.29, 0.717) is 18.0 Å². The molecule has 0 aliphatic rings. The van der Waals surface area contributed by atoms with Crippen molar-refractivity contribution < 1.29 is 13.2 Å². The summed E-state index contributed by atoms with van der Waals surface area (Å²) in [7, 11) is -3.33. The highest BCUT2D eigenvalue weighted by Gasteiger charge is 2.17. The van der Waals surface area contributed by atoms with Crippen LogP contribution in [0.4, 0.5) is 0 Å². The third kappa shape index (κ3) is 5.94. The smallest absolute Gasteiger partial charge is 0.251 e. The van der Waals surface area contributed by atoms with Crippen molar-refractivity contribution in [2.24, 2.45) is 11.7 Å². The van der Waals surface area contributed by atoms with E-state index in [0.717, 1.165) is 18.2 Å². The van der Waals surface area contributed by atoms with Gasteiger partial charge in [-0.1, -0.05) is 19.9 Å². The van der Waals surface area contributed by atoms with E-state index in [2.05, 4.69) is 19.2 Å². The molecule has 0 bridgehead atoms. The van der Waals surface area contributed by atoms with E-state index in [4.69, 9.17) is 5.73 Å². The summed E-state index contributed by atoms with van der Waals surface area (Å²) in [5, 5.41) is 2.88. The standard InChI is InChI=1S/C15H24N2O3S.ClH/c1-10(2)7-12(9-16)17-15(18)14-8-13(21(4,19)20)6-5-11(14)3;/h5-6,8,10,12H,7,9,16H2,1-4H3,(H,17,18);1H. The molecule has 1 aromatic rings. The van der Waals surface area contributed by atoms with Crippen LogP contribution >= 0.6 is 12.4 Å². The van der Waals surface area contributed by atoms with Gasteiger partial charge in [-0.2, -0.15) is 0 Å². The van der Waals surface area contributed by atoms with Gasteiger partial charge in [0.25, 0.3) is 5.91 Å². The minimum Gasteiger partial charge on any atom is -0.348 e. The average molecular weight is 349 g/mol. The number of nitrogens with two attached hydrogens (primary N) is 1. The van der Waals surface area contributed by atoms with Gasteiger partial charge in [0.2, 0.25) is 0 Å². The minimum absolute atomic E-state index is 0. The quantitative estimate of drug-likeness (QED) is 0.822. The first-order chi connectivity index (χ1) is 9.65. The van der Waals surface area contributed by atoms with E-state index >= 15 is 0 Å². The van der Waals surface area contributed by atoms with Gasteiger partial charge in [0, 0.05) is 24.4 Å². The predicted octanol–water partition coefficient (Wildman–Crippen LogP) is 1.92. The summed E-state index contributed by atoms with van der Waals surface area (Å²) in [6, 6.07) is 4.46. The number of nitrogens with one attached hydrogen (secondary N) is 1. The summed E-state index contributed by atoms with van der Waals surface area (Å²) in [6.45, 7) is 6.25. The van der Waals surface area contributed by atoms with Crippen molar-refractivity contribution in [3.05, 3.63) is 29.3 Å². The van der Waals surface area contributed by atoms with Crippen LogP contribution in [0.2, 0.25) is 0 Å². The number of benzene rings is 1. The lowest BCUT2D eigenvalue weighted by atomic mass is 10.0. The zero-order valence-corrected chi connectivity index (χ0v) is 15.1. The molecular weight excluding hydrogens is 324 g/mol. The lowest BCUT2D eigenvalue weighted by molar-refractivity contribution is 0.0933. The molecule has 0 aliphatic heterocycles. The maximum Gasteiger partial charge on any atom is 0.251 e. The Bertz CT molecular complexity index is 615. The molecule has 22 heavy (non-hydrogen) atoms. The molecule has 1 aromatic carbocycles. The third-order valence-electron chi connectivity index (χ3n) is 3.26. The zero-order valence-electron chi connectivity index (χ0n) is 13.4. The van der Waals surface area contributed by atoms with Crippen LogP contribution in [0, 0.1) is 12.8 Å². The summed E-state index contributed by atoms with van der Waals surface area (Å²) < 4.78 is 23.2. The summed E-state index contributed by atoms with van der Waals surface area (Å²) in [5.41, 5.74) is 6.79. The number of aryl methyl sites for hydroxylation is 1. The van der Waals surface area contributed by atoms with Gasteiger partial charge in [0.1, 0.15) is 0 Å². The third-order valence-corrected chi connectivity index (χ3v) is 4.37. The van der Waals surface area contributed by atoms with Gasteiger partial charge < -0.3 is 11.1 Å². The number of halogens is 1. The van der Waals surface area contributed by atoms with Crippen molar-refractivity contribution in [3.63, 3.8) is 0 Å². The van der Waals surface area contributed by atoms with E-state index in [1.807, 2.05) is 0 Å². The Kier molecular flexibility index (Phi) is 8.07. The van der Waals surface area contributed by atoms with Crippen molar-refractivity contribution in [1.29, 1.82) is 0 Å². The molecule has 0 saturated carbocycles. The van der Waals surface area contributed by atoms with E-state index in [9.17, 15) is 13.2 Å². The fourth-order valence-electron chi connectivity index (χ4n) is 2.12. The molecule has 0 spiro atoms. The Balaban J connectivity index is 0.00000441. The lowest BCUT2D eigenvalue weighted by Crippen LogP contribution is -2.41. The highest BCUT2D eigenvalue weighted by molar-refractivity contribution is 7.90. The molecule has 0 saturated heterocycles. The first kappa shape index (κ1) is 20.9. The van der Waals surface area contributed by atoms with Crippen molar-refractivity contribution in [1.82, 2.24) is 5.32 Å². The largest absolute Gasteiger partial charge is 0.348 e. The molecule has 0 heterocycles. The highest BCUT2D eigenvalue weighted by atomic mass is 35.5. The van der Waals surface area contributed by atoms with E-state index in [1.54, 1.807) is 13.0 Å². The summed E-state index contributed by atoms with van der Waals surface area (Å²) >= 11 is 0. The van der Waals surface area contributed by atoms with Crippen molar-refractivity contribution >= 4 is 28.2 Å².